The quantitative estimate of drug-likeness (QED) is 0.421. The lowest BCUT2D eigenvalue weighted by Gasteiger charge is -2.28. The maximum absolute atomic E-state index is 12.2. The molecule has 112 valence electrons. The minimum atomic E-state index is -1.51. The largest absolute Gasteiger partial charge is 0.459 e. The molecule has 0 heterocycles. The van der Waals surface area contributed by atoms with Gasteiger partial charge in [0, 0.05) is 11.7 Å². The molecule has 0 aromatic heterocycles. The molecule has 0 aromatic rings. The zero-order valence-corrected chi connectivity index (χ0v) is 13.0. The molecule has 1 unspecified atom stereocenters. The highest BCUT2D eigenvalue weighted by Crippen LogP contribution is 2.33. The van der Waals surface area contributed by atoms with Gasteiger partial charge < -0.3 is 10.0 Å². The third-order valence-corrected chi connectivity index (χ3v) is 3.96. The zero-order valence-electron chi connectivity index (χ0n) is 13.0. The van der Waals surface area contributed by atoms with Crippen molar-refractivity contribution in [2.45, 2.75) is 84.9 Å². The molecule has 19 heavy (non-hydrogen) atoms. The topological polar surface area (TPSA) is 57.5 Å². The van der Waals surface area contributed by atoms with Crippen LogP contribution in [-0.2, 0) is 4.79 Å². The molecule has 2 N–H and O–H groups in total. The molecule has 0 spiro atoms. The molecule has 0 saturated heterocycles. The molecule has 0 saturated carbocycles. The van der Waals surface area contributed by atoms with Crippen LogP contribution in [0.15, 0.2) is 0 Å². The molecular weight excluding hydrogens is 239 g/mol. The van der Waals surface area contributed by atoms with Crippen molar-refractivity contribution < 1.29 is 14.8 Å². The van der Waals surface area contributed by atoms with Crippen LogP contribution in [0.1, 0.15) is 78.6 Å². The van der Waals surface area contributed by atoms with Crippen LogP contribution in [0.2, 0.25) is 6.32 Å². The van der Waals surface area contributed by atoms with Crippen molar-refractivity contribution in [3.8, 4) is 0 Å². The van der Waals surface area contributed by atoms with Gasteiger partial charge in [0.2, 0.25) is 0 Å². The van der Waals surface area contributed by atoms with Gasteiger partial charge in [0.15, 0.2) is 0 Å². The number of carbonyl (C=O) groups excluding carboxylic acids is 1. The van der Waals surface area contributed by atoms with E-state index in [1.165, 1.54) is 12.8 Å². The van der Waals surface area contributed by atoms with Gasteiger partial charge in [-0.3, -0.25) is 4.79 Å². The molecule has 1 atom stereocenters. The first kappa shape index (κ1) is 18.7. The van der Waals surface area contributed by atoms with Crippen molar-refractivity contribution in [3.63, 3.8) is 0 Å². The summed E-state index contributed by atoms with van der Waals surface area (Å²) in [4.78, 5) is 12.2. The molecule has 0 aliphatic rings. The van der Waals surface area contributed by atoms with Crippen molar-refractivity contribution in [1.29, 1.82) is 0 Å². The predicted octanol–water partition coefficient (Wildman–Crippen LogP) is 3.59. The van der Waals surface area contributed by atoms with Crippen LogP contribution in [0.3, 0.4) is 0 Å². The summed E-state index contributed by atoms with van der Waals surface area (Å²) in [6, 6.07) is 0. The van der Waals surface area contributed by atoms with E-state index in [0.717, 1.165) is 44.9 Å². The average molecular weight is 270 g/mol. The van der Waals surface area contributed by atoms with Gasteiger partial charge in [-0.15, -0.1) is 0 Å². The van der Waals surface area contributed by atoms with Gasteiger partial charge in [-0.1, -0.05) is 65.7 Å². The van der Waals surface area contributed by atoms with Gasteiger partial charge in [0.1, 0.15) is 5.78 Å². The Hall–Kier alpha value is -0.345. The van der Waals surface area contributed by atoms with E-state index in [-0.39, 0.29) is 17.5 Å². The second kappa shape index (κ2) is 10.4. The number of hydrogen-bond acceptors (Lipinski definition) is 3. The molecule has 4 heteroatoms. The van der Waals surface area contributed by atoms with E-state index in [9.17, 15) is 4.79 Å². The summed E-state index contributed by atoms with van der Waals surface area (Å²) >= 11 is 0. The van der Waals surface area contributed by atoms with Gasteiger partial charge in [-0.2, -0.15) is 0 Å². The van der Waals surface area contributed by atoms with Crippen LogP contribution in [-0.4, -0.2) is 22.9 Å². The molecule has 0 aliphatic carbocycles. The summed E-state index contributed by atoms with van der Waals surface area (Å²) < 4.78 is 0. The van der Waals surface area contributed by atoms with Crippen molar-refractivity contribution in [1.82, 2.24) is 0 Å². The molecule has 0 bridgehead atoms. The Kier molecular flexibility index (Phi) is 10.3. The van der Waals surface area contributed by atoms with Crippen LogP contribution in [0.4, 0.5) is 0 Å². The summed E-state index contributed by atoms with van der Waals surface area (Å²) in [6.07, 6.45) is 9.57. The second-order valence-corrected chi connectivity index (χ2v) is 5.94. The highest BCUT2D eigenvalue weighted by Gasteiger charge is 2.33. The first-order valence-electron chi connectivity index (χ1n) is 7.85. The lowest BCUT2D eigenvalue weighted by molar-refractivity contribution is -0.126. The lowest BCUT2D eigenvalue weighted by atomic mass is 9.69. The van der Waals surface area contributed by atoms with Gasteiger partial charge in [0.05, 0.1) is 0 Å². The number of rotatable bonds is 12. The van der Waals surface area contributed by atoms with E-state index in [4.69, 9.17) is 10.0 Å². The van der Waals surface area contributed by atoms with Crippen molar-refractivity contribution in [2.75, 3.05) is 0 Å². The fraction of sp³-hybridized carbons (Fsp3) is 0.933. The SMILES string of the molecule is CCCCCCC(C)(CCCCC)C(=O)CB(O)O. The predicted molar refractivity (Wildman–Crippen MR) is 81.0 cm³/mol. The lowest BCUT2D eigenvalue weighted by Crippen LogP contribution is -2.32. The van der Waals surface area contributed by atoms with E-state index in [1.54, 1.807) is 0 Å². The molecule has 0 radical (unpaired) electrons. The number of hydrogen-bond donors (Lipinski definition) is 2. The van der Waals surface area contributed by atoms with E-state index in [0.29, 0.717) is 0 Å². The summed E-state index contributed by atoms with van der Waals surface area (Å²) in [6.45, 7) is 6.32. The van der Waals surface area contributed by atoms with Crippen LogP contribution >= 0.6 is 0 Å². The Bertz CT molecular complexity index is 244. The number of unbranched alkanes of at least 4 members (excludes halogenated alkanes) is 5. The van der Waals surface area contributed by atoms with Gasteiger partial charge in [-0.25, -0.2) is 0 Å². The third kappa shape index (κ3) is 8.43. The Morgan fingerprint density at radius 1 is 0.947 bits per heavy atom. The molecule has 0 fully saturated rings. The Labute approximate surface area is 118 Å². The van der Waals surface area contributed by atoms with Gasteiger partial charge in [-0.05, 0) is 12.8 Å². The fourth-order valence-corrected chi connectivity index (χ4v) is 2.52. The Balaban J connectivity index is 4.38. The monoisotopic (exact) mass is 270 g/mol. The summed E-state index contributed by atoms with van der Waals surface area (Å²) in [5, 5.41) is 18.0. The van der Waals surface area contributed by atoms with Crippen molar-refractivity contribution >= 4 is 12.9 Å². The van der Waals surface area contributed by atoms with Crippen LogP contribution in [0, 0.1) is 5.41 Å². The number of carbonyl (C=O) groups is 1. The van der Waals surface area contributed by atoms with Crippen molar-refractivity contribution in [2.24, 2.45) is 5.41 Å². The van der Waals surface area contributed by atoms with Crippen LogP contribution in [0.5, 0.6) is 0 Å². The molecule has 0 rings (SSSR count). The fourth-order valence-electron chi connectivity index (χ4n) is 2.52. The molecular formula is C15H31BO3. The Morgan fingerprint density at radius 3 is 1.89 bits per heavy atom. The van der Waals surface area contributed by atoms with E-state index >= 15 is 0 Å². The highest BCUT2D eigenvalue weighted by molar-refractivity contribution is 6.46. The maximum Gasteiger partial charge on any atom is 0.459 e. The molecule has 0 aliphatic heterocycles. The van der Waals surface area contributed by atoms with E-state index < -0.39 is 7.12 Å². The van der Waals surface area contributed by atoms with E-state index in [2.05, 4.69) is 13.8 Å². The minimum Gasteiger partial charge on any atom is -0.427 e. The first-order valence-corrected chi connectivity index (χ1v) is 7.85. The Morgan fingerprint density at radius 2 is 1.42 bits per heavy atom. The van der Waals surface area contributed by atoms with Gasteiger partial charge >= 0.3 is 7.12 Å². The smallest absolute Gasteiger partial charge is 0.427 e. The summed E-state index contributed by atoms with van der Waals surface area (Å²) in [7, 11) is -1.51. The van der Waals surface area contributed by atoms with Crippen molar-refractivity contribution in [3.05, 3.63) is 0 Å². The van der Waals surface area contributed by atoms with Crippen LogP contribution in [0.25, 0.3) is 0 Å². The molecule has 0 aromatic carbocycles. The standard InChI is InChI=1S/C15H31BO3/c1-4-6-8-10-12-15(3,11-9-7-5-2)14(17)13-16(18)19/h18-19H,4-13H2,1-3H3. The number of Topliss-reactive ketones (excluding diaryl/α,β-unsaturated/α-hetero) is 1. The zero-order chi connectivity index (χ0) is 14.7. The van der Waals surface area contributed by atoms with Gasteiger partial charge in [0.25, 0.3) is 0 Å². The third-order valence-electron chi connectivity index (χ3n) is 3.96. The highest BCUT2D eigenvalue weighted by atomic mass is 16.4. The number of ketones is 1. The average Bonchev–Trinajstić information content (AvgIpc) is 2.34. The first-order chi connectivity index (χ1) is 8.96. The summed E-state index contributed by atoms with van der Waals surface area (Å²) in [5.74, 6) is 0.00935. The van der Waals surface area contributed by atoms with E-state index in [1.807, 2.05) is 6.92 Å². The second-order valence-electron chi connectivity index (χ2n) is 5.94. The molecule has 3 nitrogen and oxygen atoms in total. The minimum absolute atomic E-state index is 0.00935. The van der Waals surface area contributed by atoms with Crippen LogP contribution < -0.4 is 0 Å². The molecule has 0 amide bonds. The maximum atomic E-state index is 12.2. The summed E-state index contributed by atoms with van der Waals surface area (Å²) in [5.41, 5.74) is -0.368. The normalized spacial score (nSPS) is 14.2.